The summed E-state index contributed by atoms with van der Waals surface area (Å²) in [6.45, 7) is 9.74. The lowest BCUT2D eigenvalue weighted by Crippen LogP contribution is -2.43. The number of fused-ring (bicyclic) bond motifs is 1. The Labute approximate surface area is 117 Å². The van der Waals surface area contributed by atoms with Crippen LogP contribution in [0, 0.1) is 0 Å². The molecular weight excluding hydrogens is 258 g/mol. The molecule has 0 bridgehead atoms. The number of hydrogen-bond acceptors (Lipinski definition) is 5. The summed E-state index contributed by atoms with van der Waals surface area (Å²) < 4.78 is 1.92. The third-order valence-electron chi connectivity index (χ3n) is 3.75. The molecule has 0 aromatic carbocycles. The molecule has 5 nitrogen and oxygen atoms in total. The van der Waals surface area contributed by atoms with Gasteiger partial charge in [0.2, 0.25) is 4.96 Å². The van der Waals surface area contributed by atoms with Crippen LogP contribution >= 0.6 is 11.3 Å². The van der Waals surface area contributed by atoms with Gasteiger partial charge in [0.1, 0.15) is 5.01 Å². The maximum absolute atomic E-state index is 4.78. The minimum Gasteiger partial charge on any atom is -0.306 e. The molecule has 0 saturated carbocycles. The van der Waals surface area contributed by atoms with E-state index in [1.165, 1.54) is 12.8 Å². The molecule has 3 rings (SSSR count). The zero-order chi connectivity index (χ0) is 13.7. The second-order valence-corrected chi connectivity index (χ2v) is 7.55. The normalized spacial score (nSPS) is 25.1. The Morgan fingerprint density at radius 1 is 1.26 bits per heavy atom. The monoisotopic (exact) mass is 279 g/mol. The van der Waals surface area contributed by atoms with Gasteiger partial charge >= 0.3 is 0 Å². The van der Waals surface area contributed by atoms with Crippen molar-refractivity contribution < 1.29 is 0 Å². The number of rotatable bonds is 1. The molecule has 2 aromatic rings. The summed E-state index contributed by atoms with van der Waals surface area (Å²) in [6.07, 6.45) is 3.66. The fourth-order valence-corrected chi connectivity index (χ4v) is 3.54. The third kappa shape index (κ3) is 2.17. The third-order valence-corrected chi connectivity index (χ3v) is 4.92. The minimum atomic E-state index is -0.0361. The molecular formula is C13H21N5S. The van der Waals surface area contributed by atoms with Crippen LogP contribution in [0.1, 0.15) is 57.8 Å². The van der Waals surface area contributed by atoms with Crippen molar-refractivity contribution in [2.24, 2.45) is 0 Å². The van der Waals surface area contributed by atoms with Crippen molar-refractivity contribution in [2.75, 3.05) is 6.54 Å². The minimum absolute atomic E-state index is 0.00122. The molecule has 1 unspecified atom stereocenters. The predicted octanol–water partition coefficient (Wildman–Crippen LogP) is 2.47. The fraction of sp³-hybridized carbons (Fsp3) is 0.769. The van der Waals surface area contributed by atoms with Gasteiger partial charge in [-0.25, -0.2) is 0 Å². The molecule has 0 spiro atoms. The number of nitrogens with zero attached hydrogens (tertiary/aromatic N) is 4. The molecule has 1 N–H and O–H groups in total. The molecule has 3 heterocycles. The van der Waals surface area contributed by atoms with E-state index in [0.717, 1.165) is 28.8 Å². The van der Waals surface area contributed by atoms with Crippen LogP contribution in [0.5, 0.6) is 0 Å². The van der Waals surface area contributed by atoms with Crippen molar-refractivity contribution in [1.29, 1.82) is 0 Å². The van der Waals surface area contributed by atoms with Gasteiger partial charge in [0, 0.05) is 5.41 Å². The molecule has 6 heteroatoms. The second-order valence-electron chi connectivity index (χ2n) is 6.59. The standard InChI is InChI=1S/C13H21N5S/c1-12(2,3)9-15-16-11-18(9)17-10(19-11)13(4)7-5-6-8-14-13/h14H,5-8H2,1-4H3. The summed E-state index contributed by atoms with van der Waals surface area (Å²) in [4.78, 5) is 0.897. The largest absolute Gasteiger partial charge is 0.306 e. The summed E-state index contributed by atoms with van der Waals surface area (Å²) in [5.74, 6) is 0.935. The summed E-state index contributed by atoms with van der Waals surface area (Å²) in [5, 5.41) is 18.1. The van der Waals surface area contributed by atoms with Crippen LogP contribution in [0.4, 0.5) is 0 Å². The van der Waals surface area contributed by atoms with Gasteiger partial charge in [0.15, 0.2) is 5.82 Å². The fourth-order valence-electron chi connectivity index (χ4n) is 2.55. The number of nitrogens with one attached hydrogen (secondary N) is 1. The Bertz CT molecular complexity index is 586. The van der Waals surface area contributed by atoms with Crippen LogP contribution in [0.3, 0.4) is 0 Å². The number of hydrogen-bond donors (Lipinski definition) is 1. The maximum Gasteiger partial charge on any atom is 0.234 e. The van der Waals surface area contributed by atoms with Gasteiger partial charge in [-0.05, 0) is 32.7 Å². The maximum atomic E-state index is 4.78. The van der Waals surface area contributed by atoms with Crippen LogP contribution in [0.2, 0.25) is 0 Å². The summed E-state index contributed by atoms with van der Waals surface area (Å²) in [5.41, 5.74) is -0.0373. The first-order valence-electron chi connectivity index (χ1n) is 6.88. The first-order valence-corrected chi connectivity index (χ1v) is 7.70. The highest BCUT2D eigenvalue weighted by Crippen LogP contribution is 2.33. The first kappa shape index (κ1) is 13.0. The molecule has 1 fully saturated rings. The van der Waals surface area contributed by atoms with Crippen LogP contribution in [-0.4, -0.2) is 26.4 Å². The van der Waals surface area contributed by atoms with Crippen LogP contribution in [-0.2, 0) is 11.0 Å². The Morgan fingerprint density at radius 3 is 2.68 bits per heavy atom. The smallest absolute Gasteiger partial charge is 0.234 e. The van der Waals surface area contributed by atoms with Gasteiger partial charge in [-0.1, -0.05) is 32.1 Å². The quantitative estimate of drug-likeness (QED) is 0.871. The SMILES string of the molecule is CC(C)(C)c1nnc2sc(C3(C)CCCCN3)nn12. The van der Waals surface area contributed by atoms with Gasteiger partial charge in [-0.2, -0.15) is 9.61 Å². The van der Waals surface area contributed by atoms with Crippen LogP contribution < -0.4 is 5.32 Å². The molecule has 1 aliphatic rings. The molecule has 19 heavy (non-hydrogen) atoms. The molecule has 104 valence electrons. The summed E-state index contributed by atoms with van der Waals surface area (Å²) in [6, 6.07) is 0. The number of piperidine rings is 1. The lowest BCUT2D eigenvalue weighted by molar-refractivity contribution is 0.280. The van der Waals surface area contributed by atoms with E-state index in [2.05, 4.69) is 43.2 Å². The second kappa shape index (κ2) is 4.24. The molecule has 1 saturated heterocycles. The van der Waals surface area contributed by atoms with Crippen molar-refractivity contribution in [3.05, 3.63) is 10.8 Å². The molecule has 1 aliphatic heterocycles. The van der Waals surface area contributed by atoms with Crippen molar-refractivity contribution in [1.82, 2.24) is 25.1 Å². The molecule has 0 radical (unpaired) electrons. The van der Waals surface area contributed by atoms with Crippen molar-refractivity contribution in [3.8, 4) is 0 Å². The Kier molecular flexibility index (Phi) is 2.90. The highest BCUT2D eigenvalue weighted by Gasteiger charge is 2.33. The van der Waals surface area contributed by atoms with Gasteiger partial charge < -0.3 is 5.32 Å². The van der Waals surface area contributed by atoms with E-state index in [4.69, 9.17) is 5.10 Å². The first-order chi connectivity index (χ1) is 8.90. The molecule has 1 atom stereocenters. The zero-order valence-corrected chi connectivity index (χ0v) is 12.8. The lowest BCUT2D eigenvalue weighted by Gasteiger charge is -2.32. The van der Waals surface area contributed by atoms with E-state index in [1.807, 2.05) is 4.52 Å². The Balaban J connectivity index is 2.05. The van der Waals surface area contributed by atoms with Gasteiger partial charge in [0.05, 0.1) is 5.54 Å². The van der Waals surface area contributed by atoms with E-state index in [9.17, 15) is 0 Å². The topological polar surface area (TPSA) is 55.1 Å². The summed E-state index contributed by atoms with van der Waals surface area (Å²) >= 11 is 1.66. The highest BCUT2D eigenvalue weighted by atomic mass is 32.1. The molecule has 2 aromatic heterocycles. The van der Waals surface area contributed by atoms with E-state index < -0.39 is 0 Å². The molecule has 0 amide bonds. The van der Waals surface area contributed by atoms with Crippen molar-refractivity contribution in [2.45, 2.75) is 57.9 Å². The van der Waals surface area contributed by atoms with Gasteiger partial charge in [0.25, 0.3) is 0 Å². The number of aromatic nitrogens is 4. The Morgan fingerprint density at radius 2 is 2.05 bits per heavy atom. The lowest BCUT2D eigenvalue weighted by atomic mass is 9.92. The highest BCUT2D eigenvalue weighted by molar-refractivity contribution is 7.16. The van der Waals surface area contributed by atoms with E-state index in [-0.39, 0.29) is 11.0 Å². The van der Waals surface area contributed by atoms with E-state index in [1.54, 1.807) is 11.3 Å². The average molecular weight is 279 g/mol. The van der Waals surface area contributed by atoms with Crippen molar-refractivity contribution >= 4 is 16.3 Å². The van der Waals surface area contributed by atoms with Crippen molar-refractivity contribution in [3.63, 3.8) is 0 Å². The van der Waals surface area contributed by atoms with E-state index in [0.29, 0.717) is 0 Å². The van der Waals surface area contributed by atoms with Gasteiger partial charge in [-0.3, -0.25) is 0 Å². The Hall–Kier alpha value is -1.01. The predicted molar refractivity (Wildman–Crippen MR) is 76.6 cm³/mol. The van der Waals surface area contributed by atoms with Crippen LogP contribution in [0.25, 0.3) is 4.96 Å². The van der Waals surface area contributed by atoms with Crippen LogP contribution in [0.15, 0.2) is 0 Å². The van der Waals surface area contributed by atoms with E-state index >= 15 is 0 Å². The zero-order valence-electron chi connectivity index (χ0n) is 12.0. The van der Waals surface area contributed by atoms with Gasteiger partial charge in [-0.15, -0.1) is 10.2 Å². The molecule has 0 aliphatic carbocycles. The summed E-state index contributed by atoms with van der Waals surface area (Å²) in [7, 11) is 0. The average Bonchev–Trinajstić information content (AvgIpc) is 2.87.